The van der Waals surface area contributed by atoms with Gasteiger partial charge in [0.1, 0.15) is 0 Å². The van der Waals surface area contributed by atoms with Crippen LogP contribution in [-0.2, 0) is 11.2 Å². The first-order valence-electron chi connectivity index (χ1n) is 9.46. The number of thioether (sulfide) groups is 1. The van der Waals surface area contributed by atoms with Crippen LogP contribution in [0.2, 0.25) is 0 Å². The third-order valence-corrected chi connectivity index (χ3v) is 6.34. The molecule has 1 unspecified atom stereocenters. The fourth-order valence-electron chi connectivity index (χ4n) is 3.79. The molecule has 1 amide bonds. The normalized spacial score (nSPS) is 23.0. The molecule has 3 rings (SSSR count). The molecule has 0 radical (unpaired) electrons. The Hall–Kier alpha value is -1.00. The summed E-state index contributed by atoms with van der Waals surface area (Å²) in [6.07, 6.45) is 6.66. The summed E-state index contributed by atoms with van der Waals surface area (Å²) in [5.41, 5.74) is 1.27. The molecular weight excluding hydrogens is 316 g/mol. The minimum absolute atomic E-state index is 0.350. The smallest absolute Gasteiger partial charge is 0.223 e. The number of likely N-dealkylation sites (tertiary alicyclic amines) is 1. The molecule has 2 aliphatic heterocycles. The maximum absolute atomic E-state index is 12.9. The van der Waals surface area contributed by atoms with E-state index in [9.17, 15) is 4.79 Å². The Bertz CT molecular complexity index is 502. The first-order chi connectivity index (χ1) is 11.8. The highest BCUT2D eigenvalue weighted by molar-refractivity contribution is 7.99. The van der Waals surface area contributed by atoms with Crippen molar-refractivity contribution in [2.45, 2.75) is 44.6 Å². The standard InChI is InChI=1S/C20H30N2OS/c23-20(11-10-18-8-3-1-4-9-18)22-14-7-15-24-17-19(22)16-21-12-5-2-6-13-21/h1,3-4,8-9,19H,2,5-7,10-17H2. The number of carbonyl (C=O) groups is 1. The lowest BCUT2D eigenvalue weighted by Crippen LogP contribution is -2.49. The molecule has 2 saturated heterocycles. The minimum Gasteiger partial charge on any atom is -0.338 e. The van der Waals surface area contributed by atoms with Gasteiger partial charge in [0, 0.05) is 25.3 Å². The molecular formula is C20H30N2OS. The highest BCUT2D eigenvalue weighted by Crippen LogP contribution is 2.20. The molecule has 0 saturated carbocycles. The molecule has 1 aromatic carbocycles. The summed E-state index contributed by atoms with van der Waals surface area (Å²) < 4.78 is 0. The molecule has 24 heavy (non-hydrogen) atoms. The zero-order valence-corrected chi connectivity index (χ0v) is 15.5. The van der Waals surface area contributed by atoms with Gasteiger partial charge in [-0.3, -0.25) is 4.79 Å². The van der Waals surface area contributed by atoms with Gasteiger partial charge in [0.2, 0.25) is 5.91 Å². The van der Waals surface area contributed by atoms with Crippen molar-refractivity contribution < 1.29 is 4.79 Å². The van der Waals surface area contributed by atoms with Crippen LogP contribution in [0.15, 0.2) is 30.3 Å². The fourth-order valence-corrected chi connectivity index (χ4v) is 4.85. The van der Waals surface area contributed by atoms with E-state index in [0.29, 0.717) is 18.4 Å². The number of hydrogen-bond donors (Lipinski definition) is 0. The summed E-state index contributed by atoms with van der Waals surface area (Å²) in [5.74, 6) is 2.65. The maximum Gasteiger partial charge on any atom is 0.223 e. The summed E-state index contributed by atoms with van der Waals surface area (Å²) in [6, 6.07) is 10.8. The van der Waals surface area contributed by atoms with Gasteiger partial charge in [0.25, 0.3) is 0 Å². The van der Waals surface area contributed by atoms with Gasteiger partial charge in [-0.1, -0.05) is 36.8 Å². The Balaban J connectivity index is 1.57. The number of benzene rings is 1. The predicted molar refractivity (Wildman–Crippen MR) is 102 cm³/mol. The zero-order valence-electron chi connectivity index (χ0n) is 14.7. The SMILES string of the molecule is O=C(CCc1ccccc1)N1CCCSCC1CN1CCCCC1. The highest BCUT2D eigenvalue weighted by Gasteiger charge is 2.27. The van der Waals surface area contributed by atoms with Crippen molar-refractivity contribution in [2.75, 3.05) is 37.7 Å². The van der Waals surface area contributed by atoms with Crippen LogP contribution in [0.1, 0.15) is 37.7 Å². The Morgan fingerprint density at radius 1 is 1.04 bits per heavy atom. The van der Waals surface area contributed by atoms with Gasteiger partial charge in [-0.15, -0.1) is 0 Å². The molecule has 2 heterocycles. The lowest BCUT2D eigenvalue weighted by Gasteiger charge is -2.36. The molecule has 0 aliphatic carbocycles. The molecule has 3 nitrogen and oxygen atoms in total. The van der Waals surface area contributed by atoms with Gasteiger partial charge >= 0.3 is 0 Å². The van der Waals surface area contributed by atoms with Gasteiger partial charge in [0.15, 0.2) is 0 Å². The van der Waals surface area contributed by atoms with Crippen molar-refractivity contribution >= 4 is 17.7 Å². The zero-order chi connectivity index (χ0) is 16.6. The highest BCUT2D eigenvalue weighted by atomic mass is 32.2. The predicted octanol–water partition coefficient (Wildman–Crippen LogP) is 3.44. The van der Waals surface area contributed by atoms with Crippen LogP contribution in [0.25, 0.3) is 0 Å². The molecule has 1 aromatic rings. The molecule has 4 heteroatoms. The van der Waals surface area contributed by atoms with Crippen molar-refractivity contribution in [3.05, 3.63) is 35.9 Å². The number of hydrogen-bond acceptors (Lipinski definition) is 3. The van der Waals surface area contributed by atoms with E-state index in [1.807, 2.05) is 17.8 Å². The average molecular weight is 347 g/mol. The summed E-state index contributed by atoms with van der Waals surface area (Å²) >= 11 is 2.03. The molecule has 0 aromatic heterocycles. The first-order valence-corrected chi connectivity index (χ1v) is 10.6. The lowest BCUT2D eigenvalue weighted by molar-refractivity contribution is -0.133. The Labute approximate surface area is 150 Å². The monoisotopic (exact) mass is 346 g/mol. The number of rotatable bonds is 5. The van der Waals surface area contributed by atoms with Gasteiger partial charge in [-0.05, 0) is 50.1 Å². The quantitative estimate of drug-likeness (QED) is 0.816. The average Bonchev–Trinajstić information content (AvgIpc) is 2.87. The van der Waals surface area contributed by atoms with Crippen LogP contribution in [0.5, 0.6) is 0 Å². The van der Waals surface area contributed by atoms with Gasteiger partial charge in [0.05, 0.1) is 6.04 Å². The van der Waals surface area contributed by atoms with Gasteiger partial charge in [-0.25, -0.2) is 0 Å². The van der Waals surface area contributed by atoms with Crippen molar-refractivity contribution in [3.63, 3.8) is 0 Å². The van der Waals surface area contributed by atoms with Crippen molar-refractivity contribution in [2.24, 2.45) is 0 Å². The second-order valence-electron chi connectivity index (χ2n) is 7.02. The number of piperidine rings is 1. The van der Waals surface area contributed by atoms with Crippen LogP contribution >= 0.6 is 11.8 Å². The van der Waals surface area contributed by atoms with E-state index < -0.39 is 0 Å². The van der Waals surface area contributed by atoms with Gasteiger partial charge in [-0.2, -0.15) is 11.8 Å². The van der Waals surface area contributed by atoms with E-state index in [0.717, 1.165) is 31.7 Å². The molecule has 1 atom stereocenters. The van der Waals surface area contributed by atoms with Crippen molar-refractivity contribution in [1.82, 2.24) is 9.80 Å². The molecule has 2 aliphatic rings. The number of amides is 1. The van der Waals surface area contributed by atoms with E-state index in [2.05, 4.69) is 34.1 Å². The number of carbonyl (C=O) groups excluding carboxylic acids is 1. The van der Waals surface area contributed by atoms with E-state index in [1.54, 1.807) is 0 Å². The topological polar surface area (TPSA) is 23.6 Å². The minimum atomic E-state index is 0.350. The fraction of sp³-hybridized carbons (Fsp3) is 0.650. The largest absolute Gasteiger partial charge is 0.338 e. The van der Waals surface area contributed by atoms with Crippen LogP contribution < -0.4 is 0 Å². The Morgan fingerprint density at radius 3 is 2.62 bits per heavy atom. The maximum atomic E-state index is 12.9. The number of aryl methyl sites for hydroxylation is 1. The third-order valence-electron chi connectivity index (χ3n) is 5.15. The molecule has 2 fully saturated rings. The van der Waals surface area contributed by atoms with Crippen LogP contribution in [-0.4, -0.2) is 59.4 Å². The van der Waals surface area contributed by atoms with Crippen molar-refractivity contribution in [3.8, 4) is 0 Å². The van der Waals surface area contributed by atoms with E-state index in [1.165, 1.54) is 43.7 Å². The molecule has 0 spiro atoms. The number of nitrogens with zero attached hydrogens (tertiary/aromatic N) is 2. The Kier molecular flexibility index (Phi) is 7.03. The van der Waals surface area contributed by atoms with E-state index in [4.69, 9.17) is 0 Å². The Morgan fingerprint density at radius 2 is 1.83 bits per heavy atom. The van der Waals surface area contributed by atoms with Crippen molar-refractivity contribution in [1.29, 1.82) is 0 Å². The molecule has 132 valence electrons. The van der Waals surface area contributed by atoms with E-state index >= 15 is 0 Å². The summed E-state index contributed by atoms with van der Waals surface area (Å²) in [4.78, 5) is 17.7. The lowest BCUT2D eigenvalue weighted by atomic mass is 10.1. The third kappa shape index (κ3) is 5.25. The summed E-state index contributed by atoms with van der Waals surface area (Å²) in [6.45, 7) is 4.45. The van der Waals surface area contributed by atoms with Crippen LogP contribution in [0, 0.1) is 0 Å². The second-order valence-corrected chi connectivity index (χ2v) is 8.17. The van der Waals surface area contributed by atoms with Gasteiger partial charge < -0.3 is 9.80 Å². The summed E-state index contributed by atoms with van der Waals surface area (Å²) in [5, 5.41) is 0. The van der Waals surface area contributed by atoms with E-state index in [-0.39, 0.29) is 0 Å². The summed E-state index contributed by atoms with van der Waals surface area (Å²) in [7, 11) is 0. The first kappa shape index (κ1) is 17.8. The second kappa shape index (κ2) is 9.47. The van der Waals surface area contributed by atoms with Crippen LogP contribution in [0.4, 0.5) is 0 Å². The molecule has 0 N–H and O–H groups in total. The van der Waals surface area contributed by atoms with Crippen LogP contribution in [0.3, 0.4) is 0 Å². The molecule has 0 bridgehead atoms.